The Hall–Kier alpha value is -0.670. The second-order valence-electron chi connectivity index (χ2n) is 2.09. The van der Waals surface area contributed by atoms with Crippen molar-refractivity contribution < 1.29 is 0 Å². The fourth-order valence-corrected chi connectivity index (χ4v) is 1.87. The van der Waals surface area contributed by atoms with E-state index in [2.05, 4.69) is 9.93 Å². The molecule has 2 nitrogen and oxygen atoms in total. The molecule has 1 aromatic rings. The molecular weight excluding hydrogens is 180 g/mol. The second-order valence-corrected chi connectivity index (χ2v) is 3.28. The first-order chi connectivity index (χ1) is 5.38. The Labute approximate surface area is 73.8 Å². The van der Waals surface area contributed by atoms with Crippen LogP contribution in [0.5, 0.6) is 0 Å². The minimum absolute atomic E-state index is 0.527. The van der Waals surface area contributed by atoms with Crippen molar-refractivity contribution >= 4 is 28.7 Å². The smallest absolute Gasteiger partial charge is 0.158 e. The molecule has 0 unspecified atom stereocenters. The highest BCUT2D eigenvalue weighted by molar-refractivity contribution is 7.97. The molecule has 1 aliphatic heterocycles. The molecule has 56 valence electrons. The van der Waals surface area contributed by atoms with Crippen LogP contribution < -0.4 is 4.83 Å². The molecule has 11 heavy (non-hydrogen) atoms. The van der Waals surface area contributed by atoms with Gasteiger partial charge in [0, 0.05) is 22.4 Å². The van der Waals surface area contributed by atoms with Gasteiger partial charge >= 0.3 is 0 Å². The zero-order valence-corrected chi connectivity index (χ0v) is 7.12. The Balaban J connectivity index is 2.56. The van der Waals surface area contributed by atoms with Gasteiger partial charge in [-0.15, -0.1) is 0 Å². The highest BCUT2D eigenvalue weighted by atomic mass is 35.5. The average Bonchev–Trinajstić information content (AvgIpc) is 2.06. The van der Waals surface area contributed by atoms with E-state index in [4.69, 9.17) is 11.6 Å². The summed E-state index contributed by atoms with van der Waals surface area (Å²) >= 11 is 7.29. The monoisotopic (exact) mass is 184 g/mol. The molecular formula is C7H5ClN2S. The highest BCUT2D eigenvalue weighted by Gasteiger charge is 2.10. The maximum Gasteiger partial charge on any atom is 0.158 e. The van der Waals surface area contributed by atoms with Crippen molar-refractivity contribution in [3.63, 3.8) is 0 Å². The molecule has 0 bridgehead atoms. The number of nitrogens with zero attached hydrogens (tertiary/aromatic N) is 1. The van der Waals surface area contributed by atoms with Crippen molar-refractivity contribution in [2.45, 2.75) is 4.90 Å². The van der Waals surface area contributed by atoms with Crippen molar-refractivity contribution in [3.05, 3.63) is 29.8 Å². The van der Waals surface area contributed by atoms with Gasteiger partial charge in [-0.2, -0.15) is 5.10 Å². The summed E-state index contributed by atoms with van der Waals surface area (Å²) in [7, 11) is 0. The first-order valence-electron chi connectivity index (χ1n) is 3.12. The van der Waals surface area contributed by atoms with Crippen molar-refractivity contribution in [3.8, 4) is 0 Å². The van der Waals surface area contributed by atoms with Crippen molar-refractivity contribution in [2.24, 2.45) is 5.10 Å². The molecule has 0 spiro atoms. The van der Waals surface area contributed by atoms with E-state index in [-0.39, 0.29) is 0 Å². The first-order valence-corrected chi connectivity index (χ1v) is 4.32. The lowest BCUT2D eigenvalue weighted by Crippen LogP contribution is -2.07. The number of hydrogen-bond acceptors (Lipinski definition) is 3. The number of halogens is 1. The Morgan fingerprint density at radius 2 is 2.18 bits per heavy atom. The summed E-state index contributed by atoms with van der Waals surface area (Å²) in [5, 5.41) is 4.39. The molecule has 0 aromatic heterocycles. The van der Waals surface area contributed by atoms with E-state index < -0.39 is 0 Å². The fraction of sp³-hybridized carbons (Fsp3) is 0. The SMILES string of the molecule is ClC1=NNSc2ccccc21. The van der Waals surface area contributed by atoms with Gasteiger partial charge in [0.25, 0.3) is 0 Å². The van der Waals surface area contributed by atoms with E-state index in [1.54, 1.807) is 0 Å². The molecule has 0 saturated carbocycles. The minimum Gasteiger partial charge on any atom is -0.246 e. The Kier molecular flexibility index (Phi) is 1.75. The van der Waals surface area contributed by atoms with E-state index in [9.17, 15) is 0 Å². The van der Waals surface area contributed by atoms with Crippen LogP contribution >= 0.6 is 23.5 Å². The molecule has 0 saturated heterocycles. The van der Waals surface area contributed by atoms with Crippen LogP contribution in [0.2, 0.25) is 0 Å². The summed E-state index contributed by atoms with van der Waals surface area (Å²) in [4.78, 5) is 3.88. The van der Waals surface area contributed by atoms with E-state index in [0.717, 1.165) is 10.5 Å². The lowest BCUT2D eigenvalue weighted by atomic mass is 10.2. The average molecular weight is 185 g/mol. The third kappa shape index (κ3) is 1.21. The number of rotatable bonds is 0. The molecule has 0 amide bonds. The van der Waals surface area contributed by atoms with Crippen molar-refractivity contribution in [2.75, 3.05) is 0 Å². The molecule has 2 rings (SSSR count). The Morgan fingerprint density at radius 1 is 1.36 bits per heavy atom. The number of benzene rings is 1. The highest BCUT2D eigenvalue weighted by Crippen LogP contribution is 2.25. The van der Waals surface area contributed by atoms with E-state index in [1.165, 1.54) is 11.9 Å². The van der Waals surface area contributed by atoms with Crippen LogP contribution in [0.4, 0.5) is 0 Å². The van der Waals surface area contributed by atoms with Crippen LogP contribution in [-0.2, 0) is 0 Å². The normalized spacial score (nSPS) is 14.8. The predicted molar refractivity (Wildman–Crippen MR) is 47.8 cm³/mol. The number of hydrazone groups is 1. The summed E-state index contributed by atoms with van der Waals surface area (Å²) in [6, 6.07) is 7.88. The molecule has 0 atom stereocenters. The molecule has 1 N–H and O–H groups in total. The van der Waals surface area contributed by atoms with Gasteiger partial charge < -0.3 is 0 Å². The van der Waals surface area contributed by atoms with Gasteiger partial charge in [0.05, 0.1) is 0 Å². The fourth-order valence-electron chi connectivity index (χ4n) is 0.898. The second kappa shape index (κ2) is 2.75. The minimum atomic E-state index is 0.527. The Bertz CT molecular complexity index is 311. The van der Waals surface area contributed by atoms with Crippen LogP contribution in [0.25, 0.3) is 0 Å². The van der Waals surface area contributed by atoms with Crippen LogP contribution in [-0.4, -0.2) is 5.17 Å². The van der Waals surface area contributed by atoms with Crippen LogP contribution in [0.3, 0.4) is 0 Å². The third-order valence-corrected chi connectivity index (χ3v) is 2.46. The number of hydrogen-bond donors (Lipinski definition) is 1. The maximum atomic E-state index is 5.82. The van der Waals surface area contributed by atoms with Gasteiger partial charge in [-0.1, -0.05) is 29.8 Å². The molecule has 0 fully saturated rings. The lowest BCUT2D eigenvalue weighted by molar-refractivity contribution is 1.09. The van der Waals surface area contributed by atoms with Crippen LogP contribution in [0.1, 0.15) is 5.56 Å². The quantitative estimate of drug-likeness (QED) is 0.626. The molecule has 1 aliphatic rings. The molecule has 0 aliphatic carbocycles. The molecule has 1 heterocycles. The van der Waals surface area contributed by atoms with Gasteiger partial charge in [0.15, 0.2) is 5.17 Å². The van der Waals surface area contributed by atoms with Gasteiger partial charge in [-0.25, -0.2) is 4.83 Å². The molecule has 1 aromatic carbocycles. The largest absolute Gasteiger partial charge is 0.246 e. The van der Waals surface area contributed by atoms with Gasteiger partial charge in [0.2, 0.25) is 0 Å². The van der Waals surface area contributed by atoms with E-state index in [1.807, 2.05) is 24.3 Å². The van der Waals surface area contributed by atoms with E-state index in [0.29, 0.717) is 5.17 Å². The maximum absolute atomic E-state index is 5.82. The predicted octanol–water partition coefficient (Wildman–Crippen LogP) is 2.20. The summed E-state index contributed by atoms with van der Waals surface area (Å²) in [6.07, 6.45) is 0. The molecule has 4 heteroatoms. The van der Waals surface area contributed by atoms with Crippen LogP contribution in [0.15, 0.2) is 34.3 Å². The standard InChI is InChI=1S/C7H5ClN2S/c8-7-5-3-1-2-4-6(5)11-10-9-7/h1-4,10H. The number of fused-ring (bicyclic) bond motifs is 1. The summed E-state index contributed by atoms with van der Waals surface area (Å²) in [5.74, 6) is 0. The number of nitrogens with one attached hydrogen (secondary N) is 1. The van der Waals surface area contributed by atoms with E-state index >= 15 is 0 Å². The summed E-state index contributed by atoms with van der Waals surface area (Å²) < 4.78 is 0. The third-order valence-electron chi connectivity index (χ3n) is 1.41. The summed E-state index contributed by atoms with van der Waals surface area (Å²) in [5.41, 5.74) is 0.998. The Morgan fingerprint density at radius 3 is 3.00 bits per heavy atom. The van der Waals surface area contributed by atoms with Crippen LogP contribution in [0, 0.1) is 0 Å². The van der Waals surface area contributed by atoms with Crippen molar-refractivity contribution in [1.29, 1.82) is 0 Å². The van der Waals surface area contributed by atoms with Gasteiger partial charge in [-0.05, 0) is 6.07 Å². The van der Waals surface area contributed by atoms with Gasteiger partial charge in [0.1, 0.15) is 0 Å². The van der Waals surface area contributed by atoms with Gasteiger partial charge in [-0.3, -0.25) is 0 Å². The summed E-state index contributed by atoms with van der Waals surface area (Å²) in [6.45, 7) is 0. The zero-order chi connectivity index (χ0) is 7.68. The first kappa shape index (κ1) is 7.00. The molecule has 0 radical (unpaired) electrons. The van der Waals surface area contributed by atoms with Crippen molar-refractivity contribution in [1.82, 2.24) is 4.83 Å². The topological polar surface area (TPSA) is 24.4 Å². The zero-order valence-electron chi connectivity index (χ0n) is 5.54. The lowest BCUT2D eigenvalue weighted by Gasteiger charge is -2.11.